The zero-order chi connectivity index (χ0) is 18.9. The Morgan fingerprint density at radius 1 is 1.23 bits per heavy atom. The number of rotatable bonds is 4. The van der Waals surface area contributed by atoms with Crippen LogP contribution in [0.25, 0.3) is 0 Å². The molecule has 1 saturated heterocycles. The summed E-state index contributed by atoms with van der Waals surface area (Å²) in [6, 6.07) is 7.09. The van der Waals surface area contributed by atoms with Crippen molar-refractivity contribution in [2.75, 3.05) is 13.1 Å². The summed E-state index contributed by atoms with van der Waals surface area (Å²) in [7, 11) is 0. The van der Waals surface area contributed by atoms with Crippen LogP contribution in [0.4, 0.5) is 13.2 Å². The van der Waals surface area contributed by atoms with Crippen LogP contribution in [0.1, 0.15) is 40.5 Å². The van der Waals surface area contributed by atoms with Crippen LogP contribution in [0.5, 0.6) is 0 Å². The highest BCUT2D eigenvalue weighted by Crippen LogP contribution is 2.42. The van der Waals surface area contributed by atoms with Gasteiger partial charge in [-0.05, 0) is 61.5 Å². The van der Waals surface area contributed by atoms with E-state index >= 15 is 0 Å². The SMILES string of the molecule is Cc1ccsc1C(c1ccccc1C(F)(F)F)N1CCC(C(=O)O)CC1. The molecule has 1 aromatic carbocycles. The summed E-state index contributed by atoms with van der Waals surface area (Å²) in [6.45, 7) is 2.83. The van der Waals surface area contributed by atoms with E-state index in [9.17, 15) is 23.1 Å². The molecule has 1 aliphatic heterocycles. The van der Waals surface area contributed by atoms with E-state index in [0.29, 0.717) is 25.9 Å². The lowest BCUT2D eigenvalue weighted by atomic mass is 9.91. The van der Waals surface area contributed by atoms with Gasteiger partial charge < -0.3 is 5.11 Å². The molecule has 1 N–H and O–H groups in total. The fourth-order valence-electron chi connectivity index (χ4n) is 3.57. The smallest absolute Gasteiger partial charge is 0.416 e. The number of nitrogens with zero attached hydrogens (tertiary/aromatic N) is 1. The molecule has 0 bridgehead atoms. The number of thiophene rings is 1. The van der Waals surface area contributed by atoms with Crippen molar-refractivity contribution >= 4 is 17.3 Å². The highest BCUT2D eigenvalue weighted by molar-refractivity contribution is 7.10. The number of carbonyl (C=O) groups is 1. The van der Waals surface area contributed by atoms with Gasteiger partial charge in [0, 0.05) is 4.88 Å². The lowest BCUT2D eigenvalue weighted by Crippen LogP contribution is -2.39. The van der Waals surface area contributed by atoms with E-state index < -0.39 is 29.7 Å². The maximum atomic E-state index is 13.6. The monoisotopic (exact) mass is 383 g/mol. The number of aryl methyl sites for hydroxylation is 1. The molecular weight excluding hydrogens is 363 g/mol. The van der Waals surface area contributed by atoms with Crippen LogP contribution in [0.15, 0.2) is 35.7 Å². The highest BCUT2D eigenvalue weighted by Gasteiger charge is 2.38. The Morgan fingerprint density at radius 2 is 1.88 bits per heavy atom. The van der Waals surface area contributed by atoms with Gasteiger partial charge in [0.2, 0.25) is 0 Å². The predicted octanol–water partition coefficient (Wildman–Crippen LogP) is 4.96. The van der Waals surface area contributed by atoms with Gasteiger partial charge in [0.05, 0.1) is 17.5 Å². The number of aliphatic carboxylic acids is 1. The molecule has 1 aromatic heterocycles. The number of benzene rings is 1. The predicted molar refractivity (Wildman–Crippen MR) is 94.3 cm³/mol. The second-order valence-electron chi connectivity index (χ2n) is 6.60. The standard InChI is InChI=1S/C19H20F3NO2S/c1-12-8-11-26-17(12)16(23-9-6-13(7-10-23)18(24)25)14-4-2-3-5-15(14)19(20,21)22/h2-5,8,11,13,16H,6-7,9-10H2,1H3,(H,24,25). The van der Waals surface area contributed by atoms with Gasteiger partial charge in [-0.15, -0.1) is 11.3 Å². The van der Waals surface area contributed by atoms with Crippen LogP contribution in [-0.4, -0.2) is 29.1 Å². The minimum Gasteiger partial charge on any atom is -0.481 e. The molecule has 2 heterocycles. The lowest BCUT2D eigenvalue weighted by molar-refractivity contribution is -0.143. The number of piperidine rings is 1. The summed E-state index contributed by atoms with van der Waals surface area (Å²) in [5.74, 6) is -1.25. The van der Waals surface area contributed by atoms with Crippen molar-refractivity contribution in [2.24, 2.45) is 5.92 Å². The number of alkyl halides is 3. The topological polar surface area (TPSA) is 40.5 Å². The molecule has 0 radical (unpaired) electrons. The number of likely N-dealkylation sites (tertiary alicyclic amines) is 1. The van der Waals surface area contributed by atoms with E-state index in [-0.39, 0.29) is 5.56 Å². The van der Waals surface area contributed by atoms with Gasteiger partial charge in [-0.3, -0.25) is 9.69 Å². The second-order valence-corrected chi connectivity index (χ2v) is 7.55. The van der Waals surface area contributed by atoms with Crippen molar-refractivity contribution in [1.29, 1.82) is 0 Å². The zero-order valence-corrected chi connectivity index (χ0v) is 15.1. The molecule has 0 saturated carbocycles. The molecule has 7 heteroatoms. The Labute approximate surface area is 154 Å². The molecule has 1 aliphatic rings. The molecule has 3 rings (SSSR count). The third kappa shape index (κ3) is 3.78. The minimum absolute atomic E-state index is 0.235. The average molecular weight is 383 g/mol. The summed E-state index contributed by atoms with van der Waals surface area (Å²) in [5, 5.41) is 11.1. The fourth-order valence-corrected chi connectivity index (χ4v) is 4.64. The maximum absolute atomic E-state index is 13.6. The van der Waals surface area contributed by atoms with E-state index in [1.165, 1.54) is 23.5 Å². The van der Waals surface area contributed by atoms with Gasteiger partial charge in [0.1, 0.15) is 0 Å². The molecule has 26 heavy (non-hydrogen) atoms. The number of hydrogen-bond acceptors (Lipinski definition) is 3. The number of hydrogen-bond donors (Lipinski definition) is 1. The highest BCUT2D eigenvalue weighted by atomic mass is 32.1. The summed E-state index contributed by atoms with van der Waals surface area (Å²) in [4.78, 5) is 14.1. The Bertz CT molecular complexity index is 779. The Morgan fingerprint density at radius 3 is 2.42 bits per heavy atom. The van der Waals surface area contributed by atoms with Crippen molar-refractivity contribution in [3.05, 3.63) is 57.3 Å². The molecule has 0 aliphatic carbocycles. The molecule has 3 nitrogen and oxygen atoms in total. The quantitative estimate of drug-likeness (QED) is 0.811. The van der Waals surface area contributed by atoms with Gasteiger partial charge in [0.15, 0.2) is 0 Å². The van der Waals surface area contributed by atoms with E-state index in [1.807, 2.05) is 23.3 Å². The van der Waals surface area contributed by atoms with E-state index in [2.05, 4.69) is 0 Å². The third-order valence-electron chi connectivity index (χ3n) is 4.95. The minimum atomic E-state index is -4.43. The largest absolute Gasteiger partial charge is 0.481 e. The molecule has 1 unspecified atom stereocenters. The van der Waals surface area contributed by atoms with Gasteiger partial charge in [0.25, 0.3) is 0 Å². The Hall–Kier alpha value is -1.86. The molecule has 1 atom stereocenters. The van der Waals surface area contributed by atoms with Crippen molar-refractivity contribution in [1.82, 2.24) is 4.90 Å². The van der Waals surface area contributed by atoms with E-state index in [4.69, 9.17) is 0 Å². The number of carboxylic acid groups (broad SMARTS) is 1. The van der Waals surface area contributed by atoms with Crippen LogP contribution in [0.3, 0.4) is 0 Å². The molecule has 2 aromatic rings. The van der Waals surface area contributed by atoms with Crippen molar-refractivity contribution in [3.8, 4) is 0 Å². The van der Waals surface area contributed by atoms with Crippen LogP contribution < -0.4 is 0 Å². The first-order valence-electron chi connectivity index (χ1n) is 8.46. The molecule has 0 spiro atoms. The Kier molecular flexibility index (Phi) is 5.39. The Balaban J connectivity index is 2.02. The molecular formula is C19H20F3NO2S. The summed E-state index contributed by atoms with van der Waals surface area (Å²) in [6.07, 6.45) is -3.53. The van der Waals surface area contributed by atoms with Crippen LogP contribution in [-0.2, 0) is 11.0 Å². The van der Waals surface area contributed by atoms with Gasteiger partial charge in [-0.1, -0.05) is 18.2 Å². The van der Waals surface area contributed by atoms with Gasteiger partial charge in [-0.25, -0.2) is 0 Å². The molecule has 1 fully saturated rings. The van der Waals surface area contributed by atoms with Crippen LogP contribution >= 0.6 is 11.3 Å². The normalized spacial score (nSPS) is 18.0. The third-order valence-corrected chi connectivity index (χ3v) is 6.03. The summed E-state index contributed by atoms with van der Waals surface area (Å²) >= 11 is 1.45. The first-order valence-corrected chi connectivity index (χ1v) is 9.34. The van der Waals surface area contributed by atoms with Crippen LogP contribution in [0.2, 0.25) is 0 Å². The molecule has 140 valence electrons. The number of carboxylic acids is 1. The van der Waals surface area contributed by atoms with Crippen molar-refractivity contribution in [2.45, 2.75) is 32.0 Å². The summed E-state index contributed by atoms with van der Waals surface area (Å²) in [5.41, 5.74) is 0.565. The average Bonchev–Trinajstić information content (AvgIpc) is 3.01. The van der Waals surface area contributed by atoms with E-state index in [0.717, 1.165) is 16.5 Å². The van der Waals surface area contributed by atoms with Gasteiger partial charge >= 0.3 is 12.1 Å². The van der Waals surface area contributed by atoms with Crippen molar-refractivity contribution in [3.63, 3.8) is 0 Å². The van der Waals surface area contributed by atoms with E-state index in [1.54, 1.807) is 6.07 Å². The second kappa shape index (κ2) is 7.40. The fraction of sp³-hybridized carbons (Fsp3) is 0.421. The van der Waals surface area contributed by atoms with Crippen LogP contribution in [0, 0.1) is 12.8 Å². The lowest BCUT2D eigenvalue weighted by Gasteiger charge is -2.37. The first-order chi connectivity index (χ1) is 12.3. The summed E-state index contributed by atoms with van der Waals surface area (Å²) < 4.78 is 40.8. The van der Waals surface area contributed by atoms with Gasteiger partial charge in [-0.2, -0.15) is 13.2 Å². The van der Waals surface area contributed by atoms with Crippen molar-refractivity contribution < 1.29 is 23.1 Å². The first kappa shape index (κ1) is 18.9. The zero-order valence-electron chi connectivity index (χ0n) is 14.3. The maximum Gasteiger partial charge on any atom is 0.416 e. The molecule has 0 amide bonds. The number of halogens is 3.